The van der Waals surface area contributed by atoms with Crippen LogP contribution in [0.1, 0.15) is 219 Å². The van der Waals surface area contributed by atoms with E-state index in [9.17, 15) is 19.4 Å². The van der Waals surface area contributed by atoms with Crippen molar-refractivity contribution in [1.29, 1.82) is 0 Å². The third-order valence-corrected chi connectivity index (χ3v) is 12.0. The lowest BCUT2D eigenvalue weighted by Gasteiger charge is -2.29. The van der Waals surface area contributed by atoms with Gasteiger partial charge in [0.1, 0.15) is 13.2 Å². The highest BCUT2D eigenvalue weighted by molar-refractivity contribution is 7.45. The summed E-state index contributed by atoms with van der Waals surface area (Å²) in [5.74, 6) is -0.216. The molecule has 60 heavy (non-hydrogen) atoms. The fourth-order valence-corrected chi connectivity index (χ4v) is 7.73. The summed E-state index contributed by atoms with van der Waals surface area (Å²) in [6.07, 6.45) is 54.5. The minimum Gasteiger partial charge on any atom is -0.756 e. The van der Waals surface area contributed by atoms with E-state index in [0.29, 0.717) is 17.4 Å². The number of allylic oxidation sites excluding steroid dienone is 7. The normalized spacial score (nSPS) is 14.6. The molecule has 0 aliphatic rings. The van der Waals surface area contributed by atoms with Gasteiger partial charge in [-0.05, 0) is 70.6 Å². The van der Waals surface area contributed by atoms with E-state index in [2.05, 4.69) is 55.6 Å². The first-order valence-electron chi connectivity index (χ1n) is 25.0. The Kier molecular flexibility index (Phi) is 41.6. The Bertz CT molecular complexity index is 1120. The molecular formula is C51H97N2O6P. The molecule has 2 N–H and O–H groups in total. The molecule has 3 atom stereocenters. The number of carbonyl (C=O) groups is 1. The number of carbonyl (C=O) groups excluding carboxylic acids is 1. The predicted octanol–water partition coefficient (Wildman–Crippen LogP) is 13.8. The molecule has 9 heteroatoms. The fourth-order valence-electron chi connectivity index (χ4n) is 7.00. The molecule has 0 fully saturated rings. The standard InChI is InChI=1S/C51H97N2O6P/c1-6-8-10-12-14-16-18-20-22-24-25-26-27-29-30-32-34-36-38-40-42-44-50(54)49(48-59-60(56,57)58-47-46-53(3,4)5)52-51(55)45-43-41-39-37-35-33-31-28-23-21-19-17-15-13-11-9-7-2/h21,23,27,29,34,36,42,44,49-50,54H,6-20,22,24-26,28,30-33,35,37-41,43,45-48H2,1-5H3,(H-,52,55,56,57)/b23-21-,29-27+,36-34+,44-42+. The highest BCUT2D eigenvalue weighted by Crippen LogP contribution is 2.38. The van der Waals surface area contributed by atoms with Gasteiger partial charge in [-0.2, -0.15) is 0 Å². The number of rotatable bonds is 45. The molecule has 0 saturated heterocycles. The van der Waals surface area contributed by atoms with Crippen molar-refractivity contribution in [3.8, 4) is 0 Å². The van der Waals surface area contributed by atoms with Crippen molar-refractivity contribution in [2.45, 2.75) is 231 Å². The minimum absolute atomic E-state index is 0.0106. The Morgan fingerprint density at radius 2 is 0.933 bits per heavy atom. The second-order valence-electron chi connectivity index (χ2n) is 18.1. The number of amides is 1. The number of hydrogen-bond donors (Lipinski definition) is 2. The third kappa shape index (κ3) is 44.5. The quantitative estimate of drug-likeness (QED) is 0.0273. The van der Waals surface area contributed by atoms with E-state index in [4.69, 9.17) is 9.05 Å². The molecule has 8 nitrogen and oxygen atoms in total. The van der Waals surface area contributed by atoms with Gasteiger partial charge in [-0.15, -0.1) is 0 Å². The largest absolute Gasteiger partial charge is 0.756 e. The number of hydrogen-bond acceptors (Lipinski definition) is 6. The molecule has 0 aliphatic heterocycles. The summed E-state index contributed by atoms with van der Waals surface area (Å²) in [4.78, 5) is 25.4. The summed E-state index contributed by atoms with van der Waals surface area (Å²) in [7, 11) is 1.23. The molecule has 0 radical (unpaired) electrons. The molecule has 0 aliphatic carbocycles. The van der Waals surface area contributed by atoms with Crippen molar-refractivity contribution in [2.24, 2.45) is 0 Å². The van der Waals surface area contributed by atoms with Gasteiger partial charge in [-0.25, -0.2) is 0 Å². The summed E-state index contributed by atoms with van der Waals surface area (Å²) in [5.41, 5.74) is 0. The average molecular weight is 865 g/mol. The van der Waals surface area contributed by atoms with Crippen LogP contribution in [0.3, 0.4) is 0 Å². The molecule has 0 heterocycles. The van der Waals surface area contributed by atoms with Crippen LogP contribution in [0.15, 0.2) is 48.6 Å². The summed E-state index contributed by atoms with van der Waals surface area (Å²) in [6, 6.07) is -0.912. The van der Waals surface area contributed by atoms with Gasteiger partial charge in [0.2, 0.25) is 5.91 Å². The first kappa shape index (κ1) is 58.5. The van der Waals surface area contributed by atoms with Crippen molar-refractivity contribution >= 4 is 13.7 Å². The van der Waals surface area contributed by atoms with Crippen molar-refractivity contribution in [3.05, 3.63) is 48.6 Å². The lowest BCUT2D eigenvalue weighted by molar-refractivity contribution is -0.870. The van der Waals surface area contributed by atoms with E-state index in [0.717, 1.165) is 44.9 Å². The Hall–Kier alpha value is -1.54. The lowest BCUT2D eigenvalue weighted by Crippen LogP contribution is -2.45. The monoisotopic (exact) mass is 865 g/mol. The summed E-state index contributed by atoms with van der Waals surface area (Å²) >= 11 is 0. The average Bonchev–Trinajstić information content (AvgIpc) is 3.20. The molecule has 0 rings (SSSR count). The number of unbranched alkanes of at least 4 members (excludes halogenated alkanes) is 26. The Morgan fingerprint density at radius 3 is 1.35 bits per heavy atom. The van der Waals surface area contributed by atoms with Gasteiger partial charge in [0, 0.05) is 6.42 Å². The number of phosphoric acid groups is 1. The number of aliphatic hydroxyl groups excluding tert-OH is 1. The van der Waals surface area contributed by atoms with Gasteiger partial charge in [-0.3, -0.25) is 9.36 Å². The highest BCUT2D eigenvalue weighted by Gasteiger charge is 2.23. The molecular weight excluding hydrogens is 768 g/mol. The molecule has 1 amide bonds. The second-order valence-corrected chi connectivity index (χ2v) is 19.6. The first-order valence-corrected chi connectivity index (χ1v) is 26.5. The Morgan fingerprint density at radius 1 is 0.567 bits per heavy atom. The number of nitrogens with zero attached hydrogens (tertiary/aromatic N) is 1. The Labute approximate surface area is 371 Å². The molecule has 0 bridgehead atoms. The maximum Gasteiger partial charge on any atom is 0.268 e. The second kappa shape index (κ2) is 42.7. The van der Waals surface area contributed by atoms with Crippen LogP contribution in [0.5, 0.6) is 0 Å². The first-order chi connectivity index (χ1) is 29.0. The highest BCUT2D eigenvalue weighted by atomic mass is 31.2. The predicted molar refractivity (Wildman–Crippen MR) is 256 cm³/mol. The number of likely N-dealkylation sites (N-methyl/N-ethyl adjacent to an activating group) is 1. The molecule has 0 saturated carbocycles. The van der Waals surface area contributed by atoms with Crippen LogP contribution in [0.2, 0.25) is 0 Å². The van der Waals surface area contributed by atoms with E-state index in [1.54, 1.807) is 6.08 Å². The van der Waals surface area contributed by atoms with E-state index >= 15 is 0 Å². The maximum absolute atomic E-state index is 12.9. The van der Waals surface area contributed by atoms with Crippen LogP contribution in [-0.4, -0.2) is 68.5 Å². The zero-order chi connectivity index (χ0) is 44.3. The van der Waals surface area contributed by atoms with Crippen molar-refractivity contribution < 1.29 is 32.9 Å². The molecule has 0 aromatic heterocycles. The molecule has 3 unspecified atom stereocenters. The van der Waals surface area contributed by atoms with Crippen molar-refractivity contribution in [1.82, 2.24) is 5.32 Å². The zero-order valence-corrected chi connectivity index (χ0v) is 40.8. The fraction of sp³-hybridized carbons (Fsp3) is 0.824. The van der Waals surface area contributed by atoms with Crippen molar-refractivity contribution in [3.63, 3.8) is 0 Å². The van der Waals surface area contributed by atoms with Crippen molar-refractivity contribution in [2.75, 3.05) is 40.9 Å². The smallest absolute Gasteiger partial charge is 0.268 e. The zero-order valence-electron chi connectivity index (χ0n) is 39.9. The molecule has 0 aromatic rings. The van der Waals surface area contributed by atoms with Crippen LogP contribution in [-0.2, 0) is 18.4 Å². The van der Waals surface area contributed by atoms with Gasteiger partial charge in [0.25, 0.3) is 7.82 Å². The molecule has 0 aromatic carbocycles. The lowest BCUT2D eigenvalue weighted by atomic mass is 10.1. The SMILES string of the molecule is CCCCCCCC/C=C\CCCCCCCCCC(=O)NC(COP(=O)([O-])OCC[N+](C)(C)C)C(O)/C=C/CC/C=C/CC/C=C/CCCCCCCCCCCCC. The van der Waals surface area contributed by atoms with Gasteiger partial charge >= 0.3 is 0 Å². The Balaban J connectivity index is 4.43. The number of nitrogens with one attached hydrogen (secondary N) is 1. The van der Waals surface area contributed by atoms with Gasteiger partial charge in [0.05, 0.1) is 39.9 Å². The van der Waals surface area contributed by atoms with E-state index in [1.807, 2.05) is 27.2 Å². The third-order valence-electron chi connectivity index (χ3n) is 11.0. The van der Waals surface area contributed by atoms with Crippen LogP contribution < -0.4 is 10.2 Å². The molecule has 352 valence electrons. The van der Waals surface area contributed by atoms with E-state index < -0.39 is 26.6 Å². The molecule has 0 spiro atoms. The van der Waals surface area contributed by atoms with Gasteiger partial charge in [0.15, 0.2) is 0 Å². The van der Waals surface area contributed by atoms with Gasteiger partial charge in [-0.1, -0.05) is 191 Å². The number of phosphoric ester groups is 1. The van der Waals surface area contributed by atoms with Crippen LogP contribution >= 0.6 is 7.82 Å². The number of aliphatic hydroxyl groups is 1. The van der Waals surface area contributed by atoms with Crippen LogP contribution in [0.25, 0.3) is 0 Å². The van der Waals surface area contributed by atoms with E-state index in [1.165, 1.54) is 154 Å². The maximum atomic E-state index is 12.9. The van der Waals surface area contributed by atoms with Crippen LogP contribution in [0, 0.1) is 0 Å². The summed E-state index contributed by atoms with van der Waals surface area (Å²) in [5, 5.41) is 13.8. The summed E-state index contributed by atoms with van der Waals surface area (Å²) < 4.78 is 23.2. The van der Waals surface area contributed by atoms with Gasteiger partial charge < -0.3 is 28.8 Å². The topological polar surface area (TPSA) is 108 Å². The van der Waals surface area contributed by atoms with Crippen LogP contribution in [0.4, 0.5) is 0 Å². The number of quaternary nitrogens is 1. The summed E-state index contributed by atoms with van der Waals surface area (Å²) in [6.45, 7) is 4.62. The van der Waals surface area contributed by atoms with E-state index in [-0.39, 0.29) is 12.5 Å². The minimum atomic E-state index is -4.60.